The van der Waals surface area contributed by atoms with Crippen LogP contribution in [0.5, 0.6) is 0 Å². The summed E-state index contributed by atoms with van der Waals surface area (Å²) in [5.74, 6) is -1.07. The summed E-state index contributed by atoms with van der Waals surface area (Å²) >= 11 is 0. The first kappa shape index (κ1) is 16.9. The van der Waals surface area contributed by atoms with E-state index in [9.17, 15) is 24.5 Å². The van der Waals surface area contributed by atoms with Gasteiger partial charge in [0.1, 0.15) is 5.69 Å². The van der Waals surface area contributed by atoms with Gasteiger partial charge in [0.15, 0.2) is 0 Å². The molecule has 0 saturated heterocycles. The van der Waals surface area contributed by atoms with Crippen molar-refractivity contribution in [3.05, 3.63) is 72.0 Å². The largest absolute Gasteiger partial charge is 0.478 e. The van der Waals surface area contributed by atoms with Crippen LogP contribution in [0.2, 0.25) is 0 Å². The van der Waals surface area contributed by atoms with E-state index in [0.717, 1.165) is 11.6 Å². The minimum Gasteiger partial charge on any atom is -0.478 e. The monoisotopic (exact) mass is 331 g/mol. The molecule has 0 aliphatic heterocycles. The number of nitrogens with zero attached hydrogens (tertiary/aromatic N) is 3. The molecule has 9 nitrogen and oxygen atoms in total. The molecule has 0 amide bonds. The van der Waals surface area contributed by atoms with Gasteiger partial charge in [0, 0.05) is 14.1 Å². The van der Waals surface area contributed by atoms with Gasteiger partial charge < -0.3 is 5.11 Å². The third-order valence-electron chi connectivity index (χ3n) is 3.46. The number of nitro groups is 1. The first-order valence-corrected chi connectivity index (χ1v) is 6.70. The van der Waals surface area contributed by atoms with Gasteiger partial charge in [-0.1, -0.05) is 18.2 Å². The van der Waals surface area contributed by atoms with Crippen LogP contribution < -0.4 is 11.2 Å². The Morgan fingerprint density at radius 3 is 2.21 bits per heavy atom. The molecule has 0 aliphatic rings. The molecule has 0 radical (unpaired) electrons. The SMILES string of the molecule is Cn1c(C=Cc2ccc(C(=O)O)cc2)c([N+](=O)[O-])c(=O)n(C)c1=O. The van der Waals surface area contributed by atoms with E-state index < -0.39 is 27.8 Å². The predicted octanol–water partition coefficient (Wildman–Crippen LogP) is 0.861. The van der Waals surface area contributed by atoms with Gasteiger partial charge in [-0.05, 0) is 23.8 Å². The number of hydrogen-bond donors (Lipinski definition) is 1. The number of carboxylic acid groups (broad SMARTS) is 1. The molecular formula is C15H13N3O6. The zero-order valence-electron chi connectivity index (χ0n) is 12.8. The van der Waals surface area contributed by atoms with Crippen molar-refractivity contribution in [1.82, 2.24) is 9.13 Å². The molecule has 2 rings (SSSR count). The van der Waals surface area contributed by atoms with E-state index in [0.29, 0.717) is 10.1 Å². The lowest BCUT2D eigenvalue weighted by molar-refractivity contribution is -0.387. The van der Waals surface area contributed by atoms with E-state index in [1.54, 1.807) is 0 Å². The van der Waals surface area contributed by atoms with Crippen LogP contribution in [0.1, 0.15) is 21.6 Å². The summed E-state index contributed by atoms with van der Waals surface area (Å²) in [5.41, 5.74) is -1.88. The molecule has 0 atom stereocenters. The first-order valence-electron chi connectivity index (χ1n) is 6.70. The average molecular weight is 331 g/mol. The molecule has 1 aromatic carbocycles. The van der Waals surface area contributed by atoms with Crippen molar-refractivity contribution in [3.8, 4) is 0 Å². The van der Waals surface area contributed by atoms with Crippen LogP contribution in [-0.2, 0) is 14.1 Å². The fourth-order valence-electron chi connectivity index (χ4n) is 2.12. The van der Waals surface area contributed by atoms with Crippen LogP contribution in [-0.4, -0.2) is 25.1 Å². The van der Waals surface area contributed by atoms with Gasteiger partial charge >= 0.3 is 22.9 Å². The highest BCUT2D eigenvalue weighted by Gasteiger charge is 2.23. The third-order valence-corrected chi connectivity index (χ3v) is 3.46. The van der Waals surface area contributed by atoms with Crippen LogP contribution in [0.3, 0.4) is 0 Å². The lowest BCUT2D eigenvalue weighted by atomic mass is 10.1. The molecule has 2 aromatic rings. The number of rotatable bonds is 4. The highest BCUT2D eigenvalue weighted by molar-refractivity contribution is 5.88. The molecule has 9 heteroatoms. The van der Waals surface area contributed by atoms with Crippen LogP contribution in [0, 0.1) is 10.1 Å². The summed E-state index contributed by atoms with van der Waals surface area (Å²) < 4.78 is 1.67. The Bertz CT molecular complexity index is 966. The zero-order valence-corrected chi connectivity index (χ0v) is 12.8. The van der Waals surface area contributed by atoms with E-state index in [2.05, 4.69) is 0 Å². The first-order chi connectivity index (χ1) is 11.2. The zero-order chi connectivity index (χ0) is 18.0. The summed E-state index contributed by atoms with van der Waals surface area (Å²) in [5, 5.41) is 20.0. The molecule has 0 aliphatic carbocycles. The van der Waals surface area contributed by atoms with Crippen LogP contribution in [0.15, 0.2) is 33.9 Å². The highest BCUT2D eigenvalue weighted by atomic mass is 16.6. The molecule has 0 bridgehead atoms. The van der Waals surface area contributed by atoms with Gasteiger partial charge in [-0.3, -0.25) is 24.0 Å². The van der Waals surface area contributed by atoms with Gasteiger partial charge in [0.25, 0.3) is 0 Å². The molecule has 1 aromatic heterocycles. The van der Waals surface area contributed by atoms with Gasteiger partial charge in [0.05, 0.1) is 10.5 Å². The van der Waals surface area contributed by atoms with E-state index in [1.807, 2.05) is 0 Å². The second-order valence-corrected chi connectivity index (χ2v) is 4.96. The molecular weight excluding hydrogens is 318 g/mol. The van der Waals surface area contributed by atoms with E-state index in [1.165, 1.54) is 43.5 Å². The number of aromatic nitrogens is 2. The lowest BCUT2D eigenvalue weighted by Gasteiger charge is -2.06. The smallest absolute Gasteiger partial charge is 0.357 e. The average Bonchev–Trinajstić information content (AvgIpc) is 2.54. The lowest BCUT2D eigenvalue weighted by Crippen LogP contribution is -2.39. The molecule has 1 N–H and O–H groups in total. The second kappa shape index (κ2) is 6.32. The maximum atomic E-state index is 11.9. The summed E-state index contributed by atoms with van der Waals surface area (Å²) in [6.45, 7) is 0. The Labute approximate surface area is 134 Å². The predicted molar refractivity (Wildman–Crippen MR) is 85.9 cm³/mol. The number of aromatic carboxylic acids is 1. The quantitative estimate of drug-likeness (QED) is 0.654. The Morgan fingerprint density at radius 2 is 1.71 bits per heavy atom. The Morgan fingerprint density at radius 1 is 1.12 bits per heavy atom. The Hall–Kier alpha value is -3.49. The van der Waals surface area contributed by atoms with Crippen molar-refractivity contribution in [2.75, 3.05) is 0 Å². The summed E-state index contributed by atoms with van der Waals surface area (Å²) in [4.78, 5) is 45.0. The van der Waals surface area contributed by atoms with Crippen LogP contribution in [0.25, 0.3) is 12.2 Å². The molecule has 0 saturated carbocycles. The fraction of sp³-hybridized carbons (Fsp3) is 0.133. The molecule has 0 fully saturated rings. The fourth-order valence-corrected chi connectivity index (χ4v) is 2.12. The van der Waals surface area contributed by atoms with Gasteiger partial charge in [-0.25, -0.2) is 9.59 Å². The normalized spacial score (nSPS) is 10.9. The summed E-state index contributed by atoms with van der Waals surface area (Å²) in [6.07, 6.45) is 2.73. The van der Waals surface area contributed by atoms with E-state index in [-0.39, 0.29) is 11.3 Å². The number of hydrogen-bond acceptors (Lipinski definition) is 5. The van der Waals surface area contributed by atoms with Gasteiger partial charge in [0.2, 0.25) is 0 Å². The van der Waals surface area contributed by atoms with Gasteiger partial charge in [-0.2, -0.15) is 0 Å². The topological polar surface area (TPSA) is 124 Å². The summed E-state index contributed by atoms with van der Waals surface area (Å²) in [7, 11) is 2.48. The maximum Gasteiger partial charge on any atom is 0.357 e. The second-order valence-electron chi connectivity index (χ2n) is 4.96. The summed E-state index contributed by atoms with van der Waals surface area (Å²) in [6, 6.07) is 5.76. The van der Waals surface area contributed by atoms with Gasteiger partial charge in [-0.15, -0.1) is 0 Å². The van der Waals surface area contributed by atoms with Crippen molar-refractivity contribution in [2.45, 2.75) is 0 Å². The molecule has 24 heavy (non-hydrogen) atoms. The Balaban J connectivity index is 2.57. The van der Waals surface area contributed by atoms with Crippen molar-refractivity contribution in [2.24, 2.45) is 14.1 Å². The van der Waals surface area contributed by atoms with Crippen molar-refractivity contribution in [3.63, 3.8) is 0 Å². The Kier molecular flexibility index (Phi) is 4.45. The molecule has 124 valence electrons. The van der Waals surface area contributed by atoms with Crippen LogP contribution in [0.4, 0.5) is 5.69 Å². The highest BCUT2D eigenvalue weighted by Crippen LogP contribution is 2.15. The minimum atomic E-state index is -1.07. The van der Waals surface area contributed by atoms with Crippen molar-refractivity contribution in [1.29, 1.82) is 0 Å². The number of carbonyl (C=O) groups is 1. The standard InChI is InChI=1S/C15H13N3O6/c1-16-11(12(18(23)24)13(19)17(2)15(16)22)8-5-9-3-6-10(7-4-9)14(20)21/h3-8H,1-2H3,(H,20,21). The number of benzene rings is 1. The third kappa shape index (κ3) is 3.00. The van der Waals surface area contributed by atoms with Crippen molar-refractivity contribution < 1.29 is 14.8 Å². The van der Waals surface area contributed by atoms with E-state index >= 15 is 0 Å². The molecule has 1 heterocycles. The van der Waals surface area contributed by atoms with Crippen LogP contribution >= 0.6 is 0 Å². The number of carboxylic acids is 1. The van der Waals surface area contributed by atoms with Crippen molar-refractivity contribution >= 4 is 23.8 Å². The van der Waals surface area contributed by atoms with E-state index in [4.69, 9.17) is 5.11 Å². The maximum absolute atomic E-state index is 11.9. The molecule has 0 spiro atoms. The molecule has 0 unspecified atom stereocenters. The minimum absolute atomic E-state index is 0.0964.